The fraction of sp³-hybridized carbons (Fsp3) is 0.135. The second kappa shape index (κ2) is 10.4. The van der Waals surface area contributed by atoms with Gasteiger partial charge in [-0.2, -0.15) is 0 Å². The Hall–Kier alpha value is -4.64. The zero-order valence-electron chi connectivity index (χ0n) is 22.6. The number of hydrogen-bond donors (Lipinski definition) is 2. The van der Waals surface area contributed by atoms with Crippen molar-refractivity contribution in [1.29, 1.82) is 0 Å². The third-order valence-corrected chi connectivity index (χ3v) is 8.16. The molecule has 0 amide bonds. The van der Waals surface area contributed by atoms with Crippen LogP contribution in [0.5, 0.6) is 11.5 Å². The van der Waals surface area contributed by atoms with E-state index in [1.807, 2.05) is 24.3 Å². The summed E-state index contributed by atoms with van der Waals surface area (Å²) in [4.78, 5) is 0. The van der Waals surface area contributed by atoms with Crippen LogP contribution in [0.3, 0.4) is 0 Å². The van der Waals surface area contributed by atoms with Crippen molar-refractivity contribution in [1.82, 2.24) is 0 Å². The number of rotatable bonds is 8. The van der Waals surface area contributed by atoms with Crippen molar-refractivity contribution in [2.75, 3.05) is 26.4 Å². The maximum Gasteiger partial charge on any atom is 0.120 e. The van der Waals surface area contributed by atoms with E-state index in [0.717, 1.165) is 33.0 Å². The predicted octanol–water partition coefficient (Wildman–Crippen LogP) is 7.10. The van der Waals surface area contributed by atoms with E-state index in [2.05, 4.69) is 97.1 Å². The molecule has 7 rings (SSSR count). The van der Waals surface area contributed by atoms with Crippen molar-refractivity contribution in [2.45, 2.75) is 5.41 Å². The van der Waals surface area contributed by atoms with Crippen molar-refractivity contribution in [3.63, 3.8) is 0 Å². The summed E-state index contributed by atoms with van der Waals surface area (Å²) in [6, 6.07) is 43.1. The fourth-order valence-electron chi connectivity index (χ4n) is 6.44. The average Bonchev–Trinajstić information content (AvgIpc) is 3.33. The number of ether oxygens (including phenoxy) is 2. The number of aliphatic hydroxyl groups is 2. The number of hydrogen-bond acceptors (Lipinski definition) is 4. The maximum absolute atomic E-state index is 9.17. The average molecular weight is 539 g/mol. The molecule has 6 aromatic rings. The zero-order valence-corrected chi connectivity index (χ0v) is 22.6. The van der Waals surface area contributed by atoms with Crippen molar-refractivity contribution >= 4 is 21.5 Å². The SMILES string of the molecule is OCCOc1ccc2cc(C3(c4ccc5cc(OCCO)ccc5c4)c4ccccc4-c4ccccc43)ccc2c1. The van der Waals surface area contributed by atoms with Gasteiger partial charge in [-0.1, -0.05) is 84.9 Å². The Balaban J connectivity index is 1.47. The van der Waals surface area contributed by atoms with Crippen LogP contribution in [0.2, 0.25) is 0 Å². The maximum atomic E-state index is 9.17. The molecular formula is C37H30O4. The van der Waals surface area contributed by atoms with Crippen LogP contribution in [-0.4, -0.2) is 36.6 Å². The molecule has 4 heteroatoms. The first kappa shape index (κ1) is 25.3. The monoisotopic (exact) mass is 538 g/mol. The molecule has 0 heterocycles. The molecule has 0 unspecified atom stereocenters. The topological polar surface area (TPSA) is 58.9 Å². The molecule has 0 radical (unpaired) electrons. The first-order chi connectivity index (χ1) is 20.2. The fourth-order valence-corrected chi connectivity index (χ4v) is 6.44. The highest BCUT2D eigenvalue weighted by Crippen LogP contribution is 2.56. The quantitative estimate of drug-likeness (QED) is 0.217. The Labute approximate surface area is 239 Å². The van der Waals surface area contributed by atoms with E-state index in [9.17, 15) is 0 Å². The summed E-state index contributed by atoms with van der Waals surface area (Å²) in [6.07, 6.45) is 0. The Bertz CT molecular complexity index is 1750. The zero-order chi connectivity index (χ0) is 27.8. The first-order valence-electron chi connectivity index (χ1n) is 14.0. The summed E-state index contributed by atoms with van der Waals surface area (Å²) in [7, 11) is 0. The molecule has 0 bridgehead atoms. The van der Waals surface area contributed by atoms with Crippen LogP contribution in [-0.2, 0) is 5.41 Å². The van der Waals surface area contributed by atoms with Crippen LogP contribution in [0.1, 0.15) is 22.3 Å². The molecule has 0 aromatic heterocycles. The lowest BCUT2D eigenvalue weighted by Crippen LogP contribution is -2.28. The van der Waals surface area contributed by atoms with Gasteiger partial charge in [0.2, 0.25) is 0 Å². The molecule has 202 valence electrons. The highest BCUT2D eigenvalue weighted by molar-refractivity contribution is 5.92. The van der Waals surface area contributed by atoms with E-state index in [1.54, 1.807) is 0 Å². The minimum absolute atomic E-state index is 0.0128. The second-order valence-corrected chi connectivity index (χ2v) is 10.4. The van der Waals surface area contributed by atoms with E-state index in [1.165, 1.54) is 33.4 Å². The van der Waals surface area contributed by atoms with Crippen LogP contribution in [0.15, 0.2) is 121 Å². The van der Waals surface area contributed by atoms with Crippen LogP contribution < -0.4 is 9.47 Å². The largest absolute Gasteiger partial charge is 0.491 e. The van der Waals surface area contributed by atoms with Gasteiger partial charge in [-0.15, -0.1) is 0 Å². The molecule has 0 spiro atoms. The van der Waals surface area contributed by atoms with Gasteiger partial charge in [0.15, 0.2) is 0 Å². The van der Waals surface area contributed by atoms with Crippen LogP contribution in [0.4, 0.5) is 0 Å². The predicted molar refractivity (Wildman–Crippen MR) is 164 cm³/mol. The Morgan fingerprint density at radius 1 is 0.463 bits per heavy atom. The highest BCUT2D eigenvalue weighted by Gasteiger charge is 2.46. The van der Waals surface area contributed by atoms with Gasteiger partial charge in [0.05, 0.1) is 18.6 Å². The second-order valence-electron chi connectivity index (χ2n) is 10.4. The van der Waals surface area contributed by atoms with Crippen molar-refractivity contribution in [3.8, 4) is 22.6 Å². The van der Waals surface area contributed by atoms with Gasteiger partial charge in [0.1, 0.15) is 24.7 Å². The molecule has 0 fully saturated rings. The number of aliphatic hydroxyl groups excluding tert-OH is 2. The van der Waals surface area contributed by atoms with Gasteiger partial charge in [0, 0.05) is 0 Å². The van der Waals surface area contributed by atoms with Crippen LogP contribution >= 0.6 is 0 Å². The number of fused-ring (bicyclic) bond motifs is 5. The van der Waals surface area contributed by atoms with E-state index in [4.69, 9.17) is 19.7 Å². The van der Waals surface area contributed by atoms with Gasteiger partial charge in [-0.25, -0.2) is 0 Å². The van der Waals surface area contributed by atoms with Crippen molar-refractivity contribution in [2.24, 2.45) is 0 Å². The van der Waals surface area contributed by atoms with E-state index in [0.29, 0.717) is 0 Å². The molecule has 6 aromatic carbocycles. The lowest BCUT2D eigenvalue weighted by atomic mass is 9.67. The Morgan fingerprint density at radius 3 is 1.34 bits per heavy atom. The minimum Gasteiger partial charge on any atom is -0.491 e. The molecule has 0 saturated carbocycles. The minimum atomic E-state index is -0.506. The summed E-state index contributed by atoms with van der Waals surface area (Å²) in [5, 5.41) is 22.8. The summed E-state index contributed by atoms with van der Waals surface area (Å²) < 4.78 is 11.4. The summed E-state index contributed by atoms with van der Waals surface area (Å²) >= 11 is 0. The third-order valence-electron chi connectivity index (χ3n) is 8.16. The van der Waals surface area contributed by atoms with E-state index >= 15 is 0 Å². The molecule has 0 aliphatic heterocycles. The molecule has 41 heavy (non-hydrogen) atoms. The van der Waals surface area contributed by atoms with Gasteiger partial charge in [0.25, 0.3) is 0 Å². The summed E-state index contributed by atoms with van der Waals surface area (Å²) in [5.41, 5.74) is 6.94. The molecular weight excluding hydrogens is 508 g/mol. The van der Waals surface area contributed by atoms with Crippen molar-refractivity contribution in [3.05, 3.63) is 144 Å². The third kappa shape index (κ3) is 4.15. The Kier molecular flexibility index (Phi) is 6.43. The standard InChI is InChI=1S/C37H30O4/c38-17-19-40-31-15-11-25-21-29(13-9-27(25)23-31)37(35-7-3-1-5-33(35)34-6-2-4-8-36(34)37)30-14-10-28-24-32(41-20-18-39)16-12-26(28)22-30/h1-16,21-24,38-39H,17-20H2. The van der Waals surface area contributed by atoms with Gasteiger partial charge < -0.3 is 19.7 Å². The van der Waals surface area contributed by atoms with Crippen LogP contribution in [0.25, 0.3) is 32.7 Å². The van der Waals surface area contributed by atoms with Gasteiger partial charge in [-0.05, 0) is 91.3 Å². The molecule has 1 aliphatic rings. The molecule has 1 aliphatic carbocycles. The Morgan fingerprint density at radius 2 is 0.878 bits per heavy atom. The van der Waals surface area contributed by atoms with E-state index in [-0.39, 0.29) is 26.4 Å². The normalized spacial score (nSPS) is 13.2. The lowest BCUT2D eigenvalue weighted by Gasteiger charge is -2.34. The van der Waals surface area contributed by atoms with Gasteiger partial charge in [-0.3, -0.25) is 0 Å². The first-order valence-corrected chi connectivity index (χ1v) is 14.0. The molecule has 0 saturated heterocycles. The molecule has 4 nitrogen and oxygen atoms in total. The molecule has 2 N–H and O–H groups in total. The number of benzene rings is 6. The summed E-state index contributed by atoms with van der Waals surface area (Å²) in [6.45, 7) is 0.525. The summed E-state index contributed by atoms with van der Waals surface area (Å²) in [5.74, 6) is 1.50. The smallest absolute Gasteiger partial charge is 0.120 e. The van der Waals surface area contributed by atoms with E-state index < -0.39 is 5.41 Å². The molecule has 0 atom stereocenters. The highest BCUT2D eigenvalue weighted by atomic mass is 16.5. The van der Waals surface area contributed by atoms with Crippen molar-refractivity contribution < 1.29 is 19.7 Å². The van der Waals surface area contributed by atoms with Crippen LogP contribution in [0, 0.1) is 0 Å². The van der Waals surface area contributed by atoms with Gasteiger partial charge >= 0.3 is 0 Å². The lowest BCUT2D eigenvalue weighted by molar-refractivity contribution is 0.201.